The number of rotatable bonds is 8. The normalized spacial score (nSPS) is 17.6. The van der Waals surface area contributed by atoms with Crippen LogP contribution in [0.5, 0.6) is 0 Å². The molecule has 1 aromatic carbocycles. The summed E-state index contributed by atoms with van der Waals surface area (Å²) in [6, 6.07) is 5.89. The lowest BCUT2D eigenvalue weighted by atomic mass is 10.1. The highest BCUT2D eigenvalue weighted by atomic mass is 35.5. The molecule has 0 atom stereocenters. The van der Waals surface area contributed by atoms with Crippen LogP contribution in [0.3, 0.4) is 0 Å². The second-order valence-electron chi connectivity index (χ2n) is 10.3. The number of nitrogens with zero attached hydrogens (tertiary/aromatic N) is 7. The van der Waals surface area contributed by atoms with E-state index in [-0.39, 0.29) is 5.91 Å². The molecule has 0 unspecified atom stereocenters. The molecule has 0 radical (unpaired) electrons. The third-order valence-corrected chi connectivity index (χ3v) is 8.08. The summed E-state index contributed by atoms with van der Waals surface area (Å²) >= 11 is 6.69. The van der Waals surface area contributed by atoms with Gasteiger partial charge in [0.1, 0.15) is 5.82 Å². The lowest BCUT2D eigenvalue weighted by molar-refractivity contribution is -0.129. The minimum atomic E-state index is 0.113. The van der Waals surface area contributed by atoms with Crippen LogP contribution in [0.1, 0.15) is 12.5 Å². The van der Waals surface area contributed by atoms with Crippen molar-refractivity contribution in [1.82, 2.24) is 24.7 Å². The van der Waals surface area contributed by atoms with Crippen LogP contribution in [0.2, 0.25) is 5.02 Å². The van der Waals surface area contributed by atoms with Gasteiger partial charge >= 0.3 is 0 Å². The number of aromatic nitrogens is 2. The first-order chi connectivity index (χ1) is 19.3. The van der Waals surface area contributed by atoms with Crippen molar-refractivity contribution in [2.75, 3.05) is 80.6 Å². The highest BCUT2D eigenvalue weighted by Gasteiger charge is 2.23. The van der Waals surface area contributed by atoms with Crippen molar-refractivity contribution in [3.63, 3.8) is 0 Å². The molecule has 3 aliphatic heterocycles. The van der Waals surface area contributed by atoms with E-state index in [1.54, 1.807) is 6.92 Å². The van der Waals surface area contributed by atoms with E-state index in [2.05, 4.69) is 49.6 Å². The maximum absolute atomic E-state index is 11.6. The Hall–Kier alpha value is -3.82. The van der Waals surface area contributed by atoms with Crippen molar-refractivity contribution in [2.45, 2.75) is 6.92 Å². The largest absolute Gasteiger partial charge is 0.369 e. The minimum absolute atomic E-state index is 0.113. The molecule has 9 nitrogen and oxygen atoms in total. The van der Waals surface area contributed by atoms with Crippen molar-refractivity contribution in [3.8, 4) is 0 Å². The van der Waals surface area contributed by atoms with Gasteiger partial charge in [-0.15, -0.1) is 0 Å². The standard InChI is InChI=1S/C30H37ClN8O/c1-5-22(2)36-13-10-35(11-14-36)12-19-39-23(3)6-7-25-21-32-30(34-29(25)39)33-26-8-9-28(27(31)20-26)38-17-15-37(16-18-38)24(4)40/h5-9,20-21H,1-3,10-19H2,4H3,(H,32,33,34). The van der Waals surface area contributed by atoms with E-state index in [1.807, 2.05) is 47.5 Å². The number of benzene rings is 1. The average Bonchev–Trinajstić information content (AvgIpc) is 2.96. The number of halogens is 1. The van der Waals surface area contributed by atoms with Gasteiger partial charge in [0.2, 0.25) is 11.9 Å². The molecule has 5 rings (SSSR count). The van der Waals surface area contributed by atoms with Crippen LogP contribution in [0, 0.1) is 0 Å². The molecule has 0 bridgehead atoms. The highest BCUT2D eigenvalue weighted by molar-refractivity contribution is 6.33. The van der Waals surface area contributed by atoms with Gasteiger partial charge in [-0.2, -0.15) is 4.98 Å². The van der Waals surface area contributed by atoms with Crippen molar-refractivity contribution < 1.29 is 4.79 Å². The Morgan fingerprint density at radius 3 is 2.45 bits per heavy atom. The number of carbonyl (C=O) groups is 1. The zero-order valence-corrected chi connectivity index (χ0v) is 23.9. The van der Waals surface area contributed by atoms with E-state index in [4.69, 9.17) is 16.6 Å². The van der Waals surface area contributed by atoms with E-state index < -0.39 is 0 Å². The third kappa shape index (κ3) is 6.16. The lowest BCUT2D eigenvalue weighted by Crippen LogP contribution is -2.48. The Bertz CT molecular complexity index is 1320. The number of fused-ring (bicyclic) bond motifs is 1. The number of anilines is 4. The Balaban J connectivity index is 1.23. The fraction of sp³-hybridized carbons (Fsp3) is 0.367. The third-order valence-electron chi connectivity index (χ3n) is 7.78. The molecule has 4 heterocycles. The minimum Gasteiger partial charge on any atom is -0.369 e. The van der Waals surface area contributed by atoms with Crippen molar-refractivity contribution in [1.29, 1.82) is 0 Å². The SMILES string of the molecule is C=CC(=C)N1CCN(CCN2C(=C)C=Cc3cnc(Nc4ccc(N5CCN(C(C)=O)CC5)c(Cl)c4)nc32)CC1. The van der Waals surface area contributed by atoms with Crippen LogP contribution in [-0.2, 0) is 4.79 Å². The van der Waals surface area contributed by atoms with Crippen molar-refractivity contribution in [2.24, 2.45) is 0 Å². The Morgan fingerprint density at radius 1 is 1.05 bits per heavy atom. The number of hydrogen-bond acceptors (Lipinski definition) is 8. The van der Waals surface area contributed by atoms with Gasteiger partial charge in [0.05, 0.1) is 10.7 Å². The number of allylic oxidation sites excluding steroid dienone is 2. The molecule has 1 amide bonds. The monoisotopic (exact) mass is 560 g/mol. The summed E-state index contributed by atoms with van der Waals surface area (Å²) in [6.45, 7) is 22.3. The van der Waals surface area contributed by atoms with E-state index in [1.165, 1.54) is 0 Å². The topological polar surface area (TPSA) is 71.1 Å². The van der Waals surface area contributed by atoms with Gasteiger partial charge < -0.3 is 24.9 Å². The van der Waals surface area contributed by atoms with E-state index >= 15 is 0 Å². The molecular formula is C30H37ClN8O. The second kappa shape index (κ2) is 12.1. The first-order valence-electron chi connectivity index (χ1n) is 13.7. The molecule has 1 aromatic heterocycles. The fourth-order valence-corrected chi connectivity index (χ4v) is 5.60. The Labute approximate surface area is 241 Å². The Morgan fingerprint density at radius 2 is 1.77 bits per heavy atom. The summed E-state index contributed by atoms with van der Waals surface area (Å²) in [5.74, 6) is 1.46. The molecule has 2 aromatic rings. The predicted octanol–water partition coefficient (Wildman–Crippen LogP) is 4.21. The smallest absolute Gasteiger partial charge is 0.229 e. The van der Waals surface area contributed by atoms with Gasteiger partial charge in [-0.1, -0.05) is 31.3 Å². The van der Waals surface area contributed by atoms with Crippen LogP contribution in [0.25, 0.3) is 6.08 Å². The average molecular weight is 561 g/mol. The highest BCUT2D eigenvalue weighted by Crippen LogP contribution is 2.32. The zero-order valence-electron chi connectivity index (χ0n) is 23.2. The second-order valence-corrected chi connectivity index (χ2v) is 10.7. The summed E-state index contributed by atoms with van der Waals surface area (Å²) in [6.07, 6.45) is 7.68. The molecule has 2 saturated heterocycles. The van der Waals surface area contributed by atoms with E-state index in [0.29, 0.717) is 24.1 Å². The number of nitrogens with one attached hydrogen (secondary N) is 1. The van der Waals surface area contributed by atoms with Crippen LogP contribution >= 0.6 is 11.6 Å². The number of piperazine rings is 2. The Kier molecular flexibility index (Phi) is 8.42. The van der Waals surface area contributed by atoms with Crippen molar-refractivity contribution in [3.05, 3.63) is 78.3 Å². The molecule has 3 aliphatic rings. The molecule has 0 aliphatic carbocycles. The van der Waals surface area contributed by atoms with Gasteiger partial charge in [-0.3, -0.25) is 9.69 Å². The fourth-order valence-electron chi connectivity index (χ4n) is 5.30. The quantitative estimate of drug-likeness (QED) is 0.482. The molecule has 0 saturated carbocycles. The number of carbonyl (C=O) groups excluding carboxylic acids is 1. The van der Waals surface area contributed by atoms with Gasteiger partial charge in [-0.05, 0) is 36.4 Å². The molecule has 1 N–H and O–H groups in total. The summed E-state index contributed by atoms with van der Waals surface area (Å²) < 4.78 is 0. The zero-order chi connectivity index (χ0) is 28.2. The van der Waals surface area contributed by atoms with Gasteiger partial charge in [-0.25, -0.2) is 4.98 Å². The number of amides is 1. The summed E-state index contributed by atoms with van der Waals surface area (Å²) in [5, 5.41) is 3.97. The molecule has 2 fully saturated rings. The van der Waals surface area contributed by atoms with Gasteiger partial charge in [0, 0.05) is 101 Å². The predicted molar refractivity (Wildman–Crippen MR) is 164 cm³/mol. The molecule has 0 spiro atoms. The lowest BCUT2D eigenvalue weighted by Gasteiger charge is -2.37. The molecular weight excluding hydrogens is 524 g/mol. The van der Waals surface area contributed by atoms with E-state index in [9.17, 15) is 4.79 Å². The van der Waals surface area contributed by atoms with Gasteiger partial charge in [0.25, 0.3) is 0 Å². The molecule has 10 heteroatoms. The van der Waals surface area contributed by atoms with Gasteiger partial charge in [0.15, 0.2) is 0 Å². The van der Waals surface area contributed by atoms with Crippen LogP contribution < -0.4 is 15.1 Å². The summed E-state index contributed by atoms with van der Waals surface area (Å²) in [4.78, 5) is 32.0. The summed E-state index contributed by atoms with van der Waals surface area (Å²) in [7, 11) is 0. The number of hydrogen-bond donors (Lipinski definition) is 1. The maximum atomic E-state index is 11.6. The first kappa shape index (κ1) is 27.7. The van der Waals surface area contributed by atoms with Crippen LogP contribution in [-0.4, -0.2) is 96.0 Å². The summed E-state index contributed by atoms with van der Waals surface area (Å²) in [5.41, 5.74) is 4.63. The van der Waals surface area contributed by atoms with Crippen molar-refractivity contribution >= 4 is 46.7 Å². The first-order valence-corrected chi connectivity index (χ1v) is 14.1. The maximum Gasteiger partial charge on any atom is 0.229 e. The molecule has 40 heavy (non-hydrogen) atoms. The molecule has 210 valence electrons. The van der Waals surface area contributed by atoms with E-state index in [0.717, 1.165) is 86.5 Å². The van der Waals surface area contributed by atoms with Crippen LogP contribution in [0.15, 0.2) is 67.7 Å². The van der Waals surface area contributed by atoms with Crippen LogP contribution in [0.4, 0.5) is 23.1 Å².